The summed E-state index contributed by atoms with van der Waals surface area (Å²) in [6.07, 6.45) is 10.7. The van der Waals surface area contributed by atoms with Crippen LogP contribution < -0.4 is 10.6 Å². The van der Waals surface area contributed by atoms with Crippen molar-refractivity contribution in [2.24, 2.45) is 0 Å². The van der Waals surface area contributed by atoms with Crippen LogP contribution in [0.3, 0.4) is 0 Å². The van der Waals surface area contributed by atoms with Gasteiger partial charge < -0.3 is 15.4 Å². The molecule has 6 nitrogen and oxygen atoms in total. The first kappa shape index (κ1) is 15.7. The molecular weight excluding hydrogens is 268 g/mol. The molecule has 0 aromatic carbocycles. The summed E-state index contributed by atoms with van der Waals surface area (Å²) in [7, 11) is 1.60. The van der Waals surface area contributed by atoms with Crippen LogP contribution >= 0.6 is 0 Å². The van der Waals surface area contributed by atoms with Gasteiger partial charge in [-0.1, -0.05) is 25.7 Å². The predicted molar refractivity (Wildman–Crippen MR) is 81.4 cm³/mol. The minimum atomic E-state index is -0.222. The van der Waals surface area contributed by atoms with E-state index < -0.39 is 0 Å². The average molecular weight is 292 g/mol. The van der Waals surface area contributed by atoms with E-state index in [0.717, 1.165) is 5.82 Å². The van der Waals surface area contributed by atoms with Crippen molar-refractivity contribution in [1.29, 1.82) is 0 Å². The van der Waals surface area contributed by atoms with E-state index in [9.17, 15) is 4.79 Å². The first-order valence-corrected chi connectivity index (χ1v) is 7.65. The highest BCUT2D eigenvalue weighted by molar-refractivity contribution is 5.91. The van der Waals surface area contributed by atoms with Crippen molar-refractivity contribution in [3.63, 3.8) is 0 Å². The van der Waals surface area contributed by atoms with E-state index >= 15 is 0 Å². The second-order valence-electron chi connectivity index (χ2n) is 5.37. The molecule has 0 spiro atoms. The van der Waals surface area contributed by atoms with E-state index in [1.807, 2.05) is 0 Å². The van der Waals surface area contributed by atoms with Gasteiger partial charge in [-0.05, 0) is 12.8 Å². The Labute approximate surface area is 125 Å². The van der Waals surface area contributed by atoms with Gasteiger partial charge in [0, 0.05) is 19.7 Å². The van der Waals surface area contributed by atoms with Crippen molar-refractivity contribution in [1.82, 2.24) is 15.3 Å². The molecule has 2 rings (SSSR count). The van der Waals surface area contributed by atoms with Gasteiger partial charge in [-0.15, -0.1) is 0 Å². The van der Waals surface area contributed by atoms with Crippen molar-refractivity contribution in [2.75, 3.05) is 25.6 Å². The van der Waals surface area contributed by atoms with Gasteiger partial charge in [0.15, 0.2) is 0 Å². The first-order valence-electron chi connectivity index (χ1n) is 7.65. The number of carbonyl (C=O) groups is 1. The van der Waals surface area contributed by atoms with E-state index in [1.165, 1.54) is 44.7 Å². The van der Waals surface area contributed by atoms with Gasteiger partial charge in [-0.3, -0.25) is 4.79 Å². The van der Waals surface area contributed by atoms with E-state index in [0.29, 0.717) is 24.9 Å². The van der Waals surface area contributed by atoms with Crippen LogP contribution in [0.1, 0.15) is 49.0 Å². The molecular formula is C15H24N4O2. The summed E-state index contributed by atoms with van der Waals surface area (Å²) in [5, 5.41) is 6.14. The zero-order chi connectivity index (χ0) is 14.9. The van der Waals surface area contributed by atoms with E-state index in [1.54, 1.807) is 13.3 Å². The Hall–Kier alpha value is -1.69. The van der Waals surface area contributed by atoms with Crippen LogP contribution in [0, 0.1) is 0 Å². The Morgan fingerprint density at radius 2 is 2.00 bits per heavy atom. The summed E-state index contributed by atoms with van der Waals surface area (Å²) in [6, 6.07) is 0.475. The fourth-order valence-electron chi connectivity index (χ4n) is 2.51. The third-order valence-electron chi connectivity index (χ3n) is 3.68. The number of hydrogen-bond donors (Lipinski definition) is 2. The maximum absolute atomic E-state index is 11.8. The highest BCUT2D eigenvalue weighted by Gasteiger charge is 2.13. The molecule has 0 unspecified atom stereocenters. The Morgan fingerprint density at radius 1 is 1.24 bits per heavy atom. The van der Waals surface area contributed by atoms with E-state index in [4.69, 9.17) is 4.74 Å². The Kier molecular flexibility index (Phi) is 6.40. The Morgan fingerprint density at radius 3 is 2.62 bits per heavy atom. The second kappa shape index (κ2) is 8.56. The molecule has 0 bridgehead atoms. The SMILES string of the molecule is COCCNC(=O)c1cnc(NC2CCCCCC2)cn1. The van der Waals surface area contributed by atoms with Crippen molar-refractivity contribution >= 4 is 11.7 Å². The number of rotatable bonds is 6. The number of ether oxygens (including phenoxy) is 1. The van der Waals surface area contributed by atoms with Crippen molar-refractivity contribution in [3.05, 3.63) is 18.1 Å². The summed E-state index contributed by atoms with van der Waals surface area (Å²) in [4.78, 5) is 20.2. The smallest absolute Gasteiger partial charge is 0.271 e. The van der Waals surface area contributed by atoms with Crippen LogP contribution in [0.5, 0.6) is 0 Å². The number of amides is 1. The summed E-state index contributed by atoms with van der Waals surface area (Å²) in [5.41, 5.74) is 0.331. The van der Waals surface area contributed by atoms with Gasteiger partial charge in [0.05, 0.1) is 19.0 Å². The first-order chi connectivity index (χ1) is 10.3. The summed E-state index contributed by atoms with van der Waals surface area (Å²) in [5.74, 6) is 0.524. The summed E-state index contributed by atoms with van der Waals surface area (Å²) < 4.78 is 4.88. The van der Waals surface area contributed by atoms with Crippen LogP contribution in [0.2, 0.25) is 0 Å². The molecule has 1 heterocycles. The van der Waals surface area contributed by atoms with Crippen molar-refractivity contribution in [3.8, 4) is 0 Å². The fourth-order valence-corrected chi connectivity index (χ4v) is 2.51. The number of carbonyl (C=O) groups excluding carboxylic acids is 1. The number of nitrogens with zero attached hydrogens (tertiary/aromatic N) is 2. The number of aromatic nitrogens is 2. The predicted octanol–water partition coefficient (Wildman–Crippen LogP) is 1.99. The molecule has 6 heteroatoms. The molecule has 1 amide bonds. The summed E-state index contributed by atoms with van der Waals surface area (Å²) >= 11 is 0. The van der Waals surface area contributed by atoms with Crippen LogP contribution in [-0.4, -0.2) is 42.2 Å². The van der Waals surface area contributed by atoms with E-state index in [-0.39, 0.29) is 5.91 Å². The minimum absolute atomic E-state index is 0.222. The molecule has 0 aliphatic heterocycles. The molecule has 1 aromatic heterocycles. The average Bonchev–Trinajstić information content (AvgIpc) is 2.77. The highest BCUT2D eigenvalue weighted by Crippen LogP contribution is 2.19. The largest absolute Gasteiger partial charge is 0.383 e. The van der Waals surface area contributed by atoms with Crippen LogP contribution in [-0.2, 0) is 4.74 Å². The normalized spacial score (nSPS) is 16.2. The minimum Gasteiger partial charge on any atom is -0.383 e. The number of anilines is 1. The van der Waals surface area contributed by atoms with Crippen molar-refractivity contribution in [2.45, 2.75) is 44.6 Å². The molecule has 1 aliphatic rings. The van der Waals surface area contributed by atoms with Gasteiger partial charge >= 0.3 is 0 Å². The lowest BCUT2D eigenvalue weighted by Gasteiger charge is -2.16. The molecule has 0 saturated heterocycles. The van der Waals surface area contributed by atoms with Gasteiger partial charge in [0.1, 0.15) is 11.5 Å². The van der Waals surface area contributed by atoms with Gasteiger partial charge in [0.2, 0.25) is 0 Å². The number of hydrogen-bond acceptors (Lipinski definition) is 5. The standard InChI is InChI=1S/C15H24N4O2/c1-21-9-8-16-15(20)13-10-18-14(11-17-13)19-12-6-4-2-3-5-7-12/h10-12H,2-9H2,1H3,(H,16,20)(H,18,19). The van der Waals surface area contributed by atoms with Crippen LogP contribution in [0.15, 0.2) is 12.4 Å². The molecule has 1 fully saturated rings. The number of nitrogens with one attached hydrogen (secondary N) is 2. The fraction of sp³-hybridized carbons (Fsp3) is 0.667. The molecule has 0 atom stereocenters. The van der Waals surface area contributed by atoms with Crippen LogP contribution in [0.4, 0.5) is 5.82 Å². The topological polar surface area (TPSA) is 76.1 Å². The lowest BCUT2D eigenvalue weighted by Crippen LogP contribution is -2.28. The third-order valence-corrected chi connectivity index (χ3v) is 3.68. The van der Waals surface area contributed by atoms with Crippen molar-refractivity contribution < 1.29 is 9.53 Å². The van der Waals surface area contributed by atoms with Gasteiger partial charge in [-0.25, -0.2) is 9.97 Å². The molecule has 0 radical (unpaired) electrons. The molecule has 2 N–H and O–H groups in total. The zero-order valence-electron chi connectivity index (χ0n) is 12.6. The maximum atomic E-state index is 11.8. The lowest BCUT2D eigenvalue weighted by atomic mass is 10.1. The highest BCUT2D eigenvalue weighted by atomic mass is 16.5. The van der Waals surface area contributed by atoms with Gasteiger partial charge in [-0.2, -0.15) is 0 Å². The molecule has 1 saturated carbocycles. The lowest BCUT2D eigenvalue weighted by molar-refractivity contribution is 0.0932. The molecule has 1 aliphatic carbocycles. The monoisotopic (exact) mass is 292 g/mol. The molecule has 116 valence electrons. The molecule has 21 heavy (non-hydrogen) atoms. The zero-order valence-corrected chi connectivity index (χ0v) is 12.6. The van der Waals surface area contributed by atoms with Crippen LogP contribution in [0.25, 0.3) is 0 Å². The van der Waals surface area contributed by atoms with E-state index in [2.05, 4.69) is 20.6 Å². The maximum Gasteiger partial charge on any atom is 0.271 e. The Balaban J connectivity index is 1.84. The second-order valence-corrected chi connectivity index (χ2v) is 5.37. The Bertz CT molecular complexity index is 428. The number of methoxy groups -OCH3 is 1. The summed E-state index contributed by atoms with van der Waals surface area (Å²) in [6.45, 7) is 0.958. The van der Waals surface area contributed by atoms with Gasteiger partial charge in [0.25, 0.3) is 5.91 Å². The quantitative estimate of drug-likeness (QED) is 0.619. The molecule has 1 aromatic rings. The third kappa shape index (κ3) is 5.30.